The fourth-order valence-corrected chi connectivity index (χ4v) is 3.96. The maximum atomic E-state index is 12.7. The van der Waals surface area contributed by atoms with Crippen LogP contribution in [0.25, 0.3) is 5.57 Å². The SMILES string of the molecule is CC(=CC(C)(C)C)c1ccc(C(=O)NC2CCN(Cc3ccccc3)CC2)cc1. The second-order valence-electron chi connectivity index (χ2n) is 9.28. The number of allylic oxidation sites excluding steroid dienone is 2. The molecule has 3 nitrogen and oxygen atoms in total. The van der Waals surface area contributed by atoms with Crippen LogP contribution in [0.4, 0.5) is 0 Å². The lowest BCUT2D eigenvalue weighted by atomic mass is 9.91. The number of hydrogen-bond acceptors (Lipinski definition) is 2. The quantitative estimate of drug-likeness (QED) is 0.728. The normalized spacial score (nSPS) is 16.6. The summed E-state index contributed by atoms with van der Waals surface area (Å²) in [7, 11) is 0. The van der Waals surface area contributed by atoms with Crippen molar-refractivity contribution in [2.75, 3.05) is 13.1 Å². The van der Waals surface area contributed by atoms with Crippen LogP contribution < -0.4 is 5.32 Å². The molecule has 3 rings (SSSR count). The van der Waals surface area contributed by atoms with E-state index < -0.39 is 0 Å². The molecule has 0 unspecified atom stereocenters. The number of nitrogens with one attached hydrogen (secondary N) is 1. The molecule has 154 valence electrons. The molecule has 1 N–H and O–H groups in total. The van der Waals surface area contributed by atoms with Gasteiger partial charge in [0, 0.05) is 31.2 Å². The van der Waals surface area contributed by atoms with Crippen LogP contribution in [0.3, 0.4) is 0 Å². The van der Waals surface area contributed by atoms with E-state index in [0.717, 1.165) is 38.0 Å². The minimum Gasteiger partial charge on any atom is -0.349 e. The lowest BCUT2D eigenvalue weighted by Gasteiger charge is -2.32. The van der Waals surface area contributed by atoms with Gasteiger partial charge in [-0.05, 0) is 54.0 Å². The topological polar surface area (TPSA) is 32.3 Å². The van der Waals surface area contributed by atoms with Crippen LogP contribution in [0, 0.1) is 5.41 Å². The average Bonchev–Trinajstić information content (AvgIpc) is 2.69. The summed E-state index contributed by atoms with van der Waals surface area (Å²) >= 11 is 0. The average molecular weight is 391 g/mol. The van der Waals surface area contributed by atoms with Gasteiger partial charge in [-0.25, -0.2) is 0 Å². The van der Waals surface area contributed by atoms with Crippen molar-refractivity contribution >= 4 is 11.5 Å². The third-order valence-corrected chi connectivity index (χ3v) is 5.42. The van der Waals surface area contributed by atoms with Crippen molar-refractivity contribution < 1.29 is 4.79 Å². The van der Waals surface area contributed by atoms with E-state index in [0.29, 0.717) is 0 Å². The first-order chi connectivity index (χ1) is 13.8. The number of rotatable bonds is 5. The summed E-state index contributed by atoms with van der Waals surface area (Å²) in [5, 5.41) is 3.23. The largest absolute Gasteiger partial charge is 0.349 e. The molecule has 0 radical (unpaired) electrons. The Hall–Kier alpha value is -2.39. The Morgan fingerprint density at radius 2 is 1.59 bits per heavy atom. The molecule has 2 aromatic carbocycles. The fraction of sp³-hybridized carbons (Fsp3) is 0.423. The monoisotopic (exact) mass is 390 g/mol. The lowest BCUT2D eigenvalue weighted by molar-refractivity contribution is 0.0909. The Balaban J connectivity index is 1.50. The van der Waals surface area contributed by atoms with Gasteiger partial charge in [-0.15, -0.1) is 0 Å². The first-order valence-corrected chi connectivity index (χ1v) is 10.7. The molecule has 1 aliphatic heterocycles. The van der Waals surface area contributed by atoms with E-state index in [1.807, 2.05) is 12.1 Å². The second kappa shape index (κ2) is 9.41. The molecule has 1 fully saturated rings. The number of hydrogen-bond donors (Lipinski definition) is 1. The Labute approximate surface area is 175 Å². The molecule has 29 heavy (non-hydrogen) atoms. The van der Waals surface area contributed by atoms with Crippen molar-refractivity contribution in [1.82, 2.24) is 10.2 Å². The van der Waals surface area contributed by atoms with Gasteiger partial charge < -0.3 is 5.32 Å². The van der Waals surface area contributed by atoms with E-state index in [-0.39, 0.29) is 17.4 Å². The molecule has 1 saturated heterocycles. The maximum Gasteiger partial charge on any atom is 0.251 e. The maximum absolute atomic E-state index is 12.7. The number of carbonyl (C=O) groups is 1. The van der Waals surface area contributed by atoms with Crippen LogP contribution in [0.5, 0.6) is 0 Å². The molecule has 0 aromatic heterocycles. The van der Waals surface area contributed by atoms with Crippen LogP contribution in [0.15, 0.2) is 60.7 Å². The van der Waals surface area contributed by atoms with E-state index in [4.69, 9.17) is 0 Å². The summed E-state index contributed by atoms with van der Waals surface area (Å²) in [6, 6.07) is 18.8. The van der Waals surface area contributed by atoms with E-state index in [1.165, 1.54) is 16.7 Å². The highest BCUT2D eigenvalue weighted by Crippen LogP contribution is 2.23. The van der Waals surface area contributed by atoms with Gasteiger partial charge >= 0.3 is 0 Å². The van der Waals surface area contributed by atoms with E-state index in [9.17, 15) is 4.79 Å². The summed E-state index contributed by atoms with van der Waals surface area (Å²) < 4.78 is 0. The Bertz CT molecular complexity index is 823. The van der Waals surface area contributed by atoms with Crippen LogP contribution in [0.2, 0.25) is 0 Å². The van der Waals surface area contributed by atoms with Crippen LogP contribution in [0.1, 0.15) is 62.0 Å². The molecule has 3 heteroatoms. The molecule has 0 saturated carbocycles. The van der Waals surface area contributed by atoms with Crippen molar-refractivity contribution in [2.45, 2.75) is 53.1 Å². The van der Waals surface area contributed by atoms with Crippen LogP contribution >= 0.6 is 0 Å². The predicted octanol–water partition coefficient (Wildman–Crippen LogP) is 5.53. The number of piperidine rings is 1. The zero-order valence-electron chi connectivity index (χ0n) is 18.2. The second-order valence-corrected chi connectivity index (χ2v) is 9.28. The molecule has 1 aliphatic rings. The highest BCUT2D eigenvalue weighted by molar-refractivity contribution is 5.94. The summed E-state index contributed by atoms with van der Waals surface area (Å²) in [6.45, 7) is 11.8. The van der Waals surface area contributed by atoms with Gasteiger partial charge in [0.05, 0.1) is 0 Å². The molecule has 1 heterocycles. The standard InChI is InChI=1S/C26H34N2O/c1-20(18-26(2,3)4)22-10-12-23(13-11-22)25(29)27-24-14-16-28(17-15-24)19-21-8-6-5-7-9-21/h5-13,18,24H,14-17,19H2,1-4H3,(H,27,29). The van der Waals surface area contributed by atoms with Gasteiger partial charge in [0.15, 0.2) is 0 Å². The van der Waals surface area contributed by atoms with Gasteiger partial charge in [0.1, 0.15) is 0 Å². The van der Waals surface area contributed by atoms with Gasteiger partial charge in [-0.3, -0.25) is 9.69 Å². The number of carbonyl (C=O) groups excluding carboxylic acids is 1. The first-order valence-electron chi connectivity index (χ1n) is 10.7. The first kappa shape index (κ1) is 21.3. The zero-order chi connectivity index (χ0) is 20.9. The summed E-state index contributed by atoms with van der Waals surface area (Å²) in [6.07, 6.45) is 4.28. The minimum absolute atomic E-state index is 0.0375. The lowest BCUT2D eigenvalue weighted by Crippen LogP contribution is -2.44. The van der Waals surface area contributed by atoms with Crippen molar-refractivity contribution in [3.05, 3.63) is 77.4 Å². The number of likely N-dealkylation sites (tertiary alicyclic amines) is 1. The third-order valence-electron chi connectivity index (χ3n) is 5.42. The van der Waals surface area contributed by atoms with Crippen LogP contribution in [-0.4, -0.2) is 29.9 Å². The van der Waals surface area contributed by atoms with Crippen molar-refractivity contribution in [1.29, 1.82) is 0 Å². The molecule has 2 aromatic rings. The number of amides is 1. The minimum atomic E-state index is 0.0375. The van der Waals surface area contributed by atoms with E-state index >= 15 is 0 Å². The molecule has 1 amide bonds. The van der Waals surface area contributed by atoms with Crippen LogP contribution in [-0.2, 0) is 6.54 Å². The highest BCUT2D eigenvalue weighted by Gasteiger charge is 2.21. The van der Waals surface area contributed by atoms with Gasteiger partial charge in [0.2, 0.25) is 0 Å². The predicted molar refractivity (Wildman–Crippen MR) is 122 cm³/mol. The van der Waals surface area contributed by atoms with Gasteiger partial charge in [-0.2, -0.15) is 0 Å². The Kier molecular flexibility index (Phi) is 6.92. The summed E-state index contributed by atoms with van der Waals surface area (Å²) in [5.74, 6) is 0.0375. The Morgan fingerprint density at radius 3 is 2.17 bits per heavy atom. The van der Waals surface area contributed by atoms with E-state index in [1.54, 1.807) is 0 Å². The van der Waals surface area contributed by atoms with Gasteiger partial charge in [-0.1, -0.05) is 69.3 Å². The molecular weight excluding hydrogens is 356 g/mol. The molecule has 0 bridgehead atoms. The van der Waals surface area contributed by atoms with Crippen molar-refractivity contribution in [3.8, 4) is 0 Å². The van der Waals surface area contributed by atoms with E-state index in [2.05, 4.69) is 86.5 Å². The zero-order valence-corrected chi connectivity index (χ0v) is 18.2. The molecular formula is C26H34N2O. The smallest absolute Gasteiger partial charge is 0.251 e. The number of nitrogens with zero attached hydrogens (tertiary/aromatic N) is 1. The Morgan fingerprint density at radius 1 is 1.00 bits per heavy atom. The molecule has 0 atom stereocenters. The highest BCUT2D eigenvalue weighted by atomic mass is 16.1. The summed E-state index contributed by atoms with van der Waals surface area (Å²) in [4.78, 5) is 15.1. The molecule has 0 spiro atoms. The third kappa shape index (κ3) is 6.57. The van der Waals surface area contributed by atoms with Gasteiger partial charge in [0.25, 0.3) is 5.91 Å². The van der Waals surface area contributed by atoms with Crippen molar-refractivity contribution in [2.24, 2.45) is 5.41 Å². The fourth-order valence-electron chi connectivity index (χ4n) is 3.96. The summed E-state index contributed by atoms with van der Waals surface area (Å²) in [5.41, 5.74) is 4.66. The van der Waals surface area contributed by atoms with Crippen molar-refractivity contribution in [3.63, 3.8) is 0 Å². The molecule has 0 aliphatic carbocycles. The number of benzene rings is 2.